The zero-order valence-electron chi connectivity index (χ0n) is 7.72. The van der Waals surface area contributed by atoms with Crippen LogP contribution in [0.25, 0.3) is 0 Å². The molecule has 0 aliphatic heterocycles. The molecular weight excluding hydrogens is 174 g/mol. The first-order valence-corrected chi connectivity index (χ1v) is 5.59. The molecule has 0 fully saturated rings. The van der Waals surface area contributed by atoms with Crippen molar-refractivity contribution in [3.05, 3.63) is 23.3 Å². The van der Waals surface area contributed by atoms with E-state index in [0.29, 0.717) is 12.2 Å². The molecule has 0 atom stereocenters. The van der Waals surface area contributed by atoms with Crippen molar-refractivity contribution in [1.82, 2.24) is 5.32 Å². The van der Waals surface area contributed by atoms with Crippen molar-refractivity contribution >= 4 is 9.84 Å². The monoisotopic (exact) mass is 189 g/mol. The fraction of sp³-hybridized carbons (Fsp3) is 0.500. The van der Waals surface area contributed by atoms with Crippen molar-refractivity contribution in [3.63, 3.8) is 0 Å². The van der Waals surface area contributed by atoms with E-state index >= 15 is 0 Å². The molecule has 0 spiro atoms. The first kappa shape index (κ1) is 11.2. The number of hydrogen-bond acceptors (Lipinski definition) is 3. The van der Waals surface area contributed by atoms with Gasteiger partial charge in [-0.1, -0.05) is 6.58 Å². The average Bonchev–Trinajstić information content (AvgIpc) is 1.85. The van der Waals surface area contributed by atoms with Crippen LogP contribution in [0.5, 0.6) is 0 Å². The lowest BCUT2D eigenvalue weighted by Gasteiger charge is -2.07. The molecule has 0 bridgehead atoms. The van der Waals surface area contributed by atoms with Crippen LogP contribution in [0.4, 0.5) is 0 Å². The largest absolute Gasteiger partial charge is 0.388 e. The minimum Gasteiger partial charge on any atom is -0.388 e. The number of sulfone groups is 1. The second kappa shape index (κ2) is 4.30. The van der Waals surface area contributed by atoms with E-state index in [2.05, 4.69) is 11.9 Å². The van der Waals surface area contributed by atoms with E-state index in [-0.39, 0.29) is 4.91 Å². The summed E-state index contributed by atoms with van der Waals surface area (Å²) in [4.78, 5) is 0.268. The second-order valence-electron chi connectivity index (χ2n) is 2.50. The van der Waals surface area contributed by atoms with Gasteiger partial charge in [0, 0.05) is 18.5 Å². The van der Waals surface area contributed by atoms with E-state index in [1.165, 1.54) is 12.3 Å². The highest BCUT2D eigenvalue weighted by Crippen LogP contribution is 2.09. The highest BCUT2D eigenvalue weighted by atomic mass is 32.2. The molecule has 0 aliphatic carbocycles. The summed E-state index contributed by atoms with van der Waals surface area (Å²) in [6, 6.07) is 0. The van der Waals surface area contributed by atoms with Crippen LogP contribution in [-0.2, 0) is 9.84 Å². The molecule has 0 aromatic rings. The number of allylic oxidation sites excluding steroid dienone is 2. The Kier molecular flexibility index (Phi) is 4.03. The smallest absolute Gasteiger partial charge is 0.177 e. The van der Waals surface area contributed by atoms with E-state index < -0.39 is 9.84 Å². The lowest BCUT2D eigenvalue weighted by Crippen LogP contribution is -2.14. The van der Waals surface area contributed by atoms with Crippen LogP contribution >= 0.6 is 0 Å². The third-order valence-electron chi connectivity index (χ3n) is 1.40. The molecular formula is C8H15NO2S. The molecule has 0 heterocycles. The number of nitrogens with one attached hydrogen (secondary N) is 1. The molecule has 0 unspecified atom stereocenters. The molecule has 70 valence electrons. The van der Waals surface area contributed by atoms with Crippen LogP contribution in [0.3, 0.4) is 0 Å². The van der Waals surface area contributed by atoms with Crippen LogP contribution in [-0.4, -0.2) is 21.2 Å². The highest BCUT2D eigenvalue weighted by Gasteiger charge is 2.10. The van der Waals surface area contributed by atoms with Crippen LogP contribution in [0.2, 0.25) is 0 Å². The fourth-order valence-electron chi connectivity index (χ4n) is 0.935. The summed E-state index contributed by atoms with van der Waals surface area (Å²) in [6.07, 6.45) is 2.53. The van der Waals surface area contributed by atoms with Gasteiger partial charge in [-0.05, 0) is 19.9 Å². The Morgan fingerprint density at radius 2 is 2.08 bits per heavy atom. The van der Waals surface area contributed by atoms with Gasteiger partial charge in [-0.3, -0.25) is 0 Å². The van der Waals surface area contributed by atoms with Gasteiger partial charge < -0.3 is 5.32 Å². The quantitative estimate of drug-likeness (QED) is 0.673. The summed E-state index contributed by atoms with van der Waals surface area (Å²) in [5.74, 6) is 0. The van der Waals surface area contributed by atoms with Gasteiger partial charge in [0.25, 0.3) is 0 Å². The van der Waals surface area contributed by atoms with Gasteiger partial charge in [0.05, 0.1) is 4.91 Å². The van der Waals surface area contributed by atoms with Gasteiger partial charge in [-0.2, -0.15) is 0 Å². The summed E-state index contributed by atoms with van der Waals surface area (Å²) in [6.45, 7) is 7.79. The Labute approximate surface area is 74.1 Å². The topological polar surface area (TPSA) is 46.2 Å². The van der Waals surface area contributed by atoms with Crippen LogP contribution in [0, 0.1) is 0 Å². The summed E-state index contributed by atoms with van der Waals surface area (Å²) in [5, 5.41) is 2.93. The number of hydrogen-bond donors (Lipinski definition) is 1. The molecule has 1 N–H and O–H groups in total. The minimum atomic E-state index is -3.14. The third-order valence-corrected chi connectivity index (χ3v) is 2.67. The molecule has 0 aliphatic rings. The van der Waals surface area contributed by atoms with Gasteiger partial charge in [-0.25, -0.2) is 8.42 Å². The van der Waals surface area contributed by atoms with Crippen molar-refractivity contribution in [2.75, 3.05) is 12.8 Å². The Bertz CT molecular complexity index is 288. The van der Waals surface area contributed by atoms with Crippen molar-refractivity contribution in [1.29, 1.82) is 0 Å². The number of rotatable bonds is 4. The molecule has 3 nitrogen and oxygen atoms in total. The molecule has 4 heteroatoms. The first-order chi connectivity index (χ1) is 5.43. The molecule has 0 radical (unpaired) electrons. The molecule has 0 aromatic heterocycles. The van der Waals surface area contributed by atoms with Crippen LogP contribution < -0.4 is 5.32 Å². The maximum absolute atomic E-state index is 11.1. The Hall–Kier alpha value is -0.770. The van der Waals surface area contributed by atoms with Gasteiger partial charge >= 0.3 is 0 Å². The van der Waals surface area contributed by atoms with E-state index in [9.17, 15) is 8.42 Å². The summed E-state index contributed by atoms with van der Waals surface area (Å²) >= 11 is 0. The van der Waals surface area contributed by atoms with E-state index in [1.807, 2.05) is 6.92 Å². The van der Waals surface area contributed by atoms with Crippen LogP contribution in [0.1, 0.15) is 13.8 Å². The zero-order valence-corrected chi connectivity index (χ0v) is 8.53. The van der Waals surface area contributed by atoms with Gasteiger partial charge in [0.15, 0.2) is 9.84 Å². The predicted molar refractivity (Wildman–Crippen MR) is 51.4 cm³/mol. The molecule has 0 amide bonds. The maximum Gasteiger partial charge on any atom is 0.177 e. The summed E-state index contributed by atoms with van der Waals surface area (Å²) in [5.41, 5.74) is 0.648. The first-order valence-electron chi connectivity index (χ1n) is 3.70. The molecule has 0 saturated heterocycles. The third kappa shape index (κ3) is 3.09. The Morgan fingerprint density at radius 3 is 2.33 bits per heavy atom. The van der Waals surface area contributed by atoms with E-state index in [4.69, 9.17) is 0 Å². The average molecular weight is 189 g/mol. The van der Waals surface area contributed by atoms with Gasteiger partial charge in [-0.15, -0.1) is 0 Å². The Balaban J connectivity index is 5.01. The van der Waals surface area contributed by atoms with Gasteiger partial charge in [0.1, 0.15) is 0 Å². The van der Waals surface area contributed by atoms with Crippen molar-refractivity contribution in [3.8, 4) is 0 Å². The van der Waals surface area contributed by atoms with Gasteiger partial charge in [0.2, 0.25) is 0 Å². The zero-order chi connectivity index (χ0) is 9.78. The Morgan fingerprint density at radius 1 is 1.58 bits per heavy atom. The lowest BCUT2D eigenvalue weighted by molar-refractivity contribution is 0.607. The van der Waals surface area contributed by atoms with Crippen LogP contribution in [0.15, 0.2) is 23.3 Å². The molecule has 0 saturated carbocycles. The summed E-state index contributed by atoms with van der Waals surface area (Å²) in [7, 11) is -3.14. The summed E-state index contributed by atoms with van der Waals surface area (Å²) < 4.78 is 22.2. The van der Waals surface area contributed by atoms with Crippen molar-refractivity contribution in [2.24, 2.45) is 0 Å². The van der Waals surface area contributed by atoms with E-state index in [0.717, 1.165) is 0 Å². The normalized spacial score (nSPS) is 13.6. The maximum atomic E-state index is 11.1. The SMILES string of the molecule is C=C/C(=C(\C)NCC)S(C)(=O)=O. The molecule has 0 rings (SSSR count). The van der Waals surface area contributed by atoms with E-state index in [1.54, 1.807) is 6.92 Å². The molecule has 0 aromatic carbocycles. The second-order valence-corrected chi connectivity index (χ2v) is 4.48. The lowest BCUT2D eigenvalue weighted by atomic mass is 10.4. The fourth-order valence-corrected chi connectivity index (χ4v) is 1.87. The molecule has 12 heavy (non-hydrogen) atoms. The predicted octanol–water partition coefficient (Wildman–Crippen LogP) is 1.06. The minimum absolute atomic E-state index is 0.268. The van der Waals surface area contributed by atoms with Crippen molar-refractivity contribution < 1.29 is 8.42 Å². The van der Waals surface area contributed by atoms with Crippen molar-refractivity contribution in [2.45, 2.75) is 13.8 Å². The standard InChI is InChI=1S/C8H15NO2S/c1-5-8(12(4,10)11)7(3)9-6-2/h5,9H,1,6H2,2-4H3/b8-7-. The highest BCUT2D eigenvalue weighted by molar-refractivity contribution is 7.94.